The van der Waals surface area contributed by atoms with E-state index in [1.54, 1.807) is 6.08 Å². The molecule has 3 nitrogen and oxygen atoms in total. The summed E-state index contributed by atoms with van der Waals surface area (Å²) >= 11 is 0. The third kappa shape index (κ3) is 5.07. The lowest BCUT2D eigenvalue weighted by Gasteiger charge is -2.15. The number of ether oxygens (including phenoxy) is 2. The van der Waals surface area contributed by atoms with E-state index in [2.05, 4.69) is 6.58 Å². The van der Waals surface area contributed by atoms with E-state index in [-0.39, 0.29) is 12.7 Å². The van der Waals surface area contributed by atoms with Crippen LogP contribution in [0.5, 0.6) is 0 Å². The van der Waals surface area contributed by atoms with Gasteiger partial charge in [0.05, 0.1) is 26.4 Å². The molecule has 0 radical (unpaired) electrons. The number of aliphatic hydroxyl groups is 1. The lowest BCUT2D eigenvalue weighted by molar-refractivity contribution is -0.0450. The molecular formula is C13H18O3. The van der Waals surface area contributed by atoms with Crippen LogP contribution in [0, 0.1) is 0 Å². The van der Waals surface area contributed by atoms with E-state index in [0.717, 1.165) is 5.56 Å². The van der Waals surface area contributed by atoms with Crippen molar-refractivity contribution in [2.45, 2.75) is 12.7 Å². The van der Waals surface area contributed by atoms with Crippen LogP contribution in [0.2, 0.25) is 0 Å². The van der Waals surface area contributed by atoms with Crippen molar-refractivity contribution in [2.75, 3.05) is 19.8 Å². The van der Waals surface area contributed by atoms with Gasteiger partial charge in [0.15, 0.2) is 0 Å². The van der Waals surface area contributed by atoms with Gasteiger partial charge in [-0.3, -0.25) is 0 Å². The van der Waals surface area contributed by atoms with Crippen molar-refractivity contribution in [3.05, 3.63) is 48.6 Å². The van der Waals surface area contributed by atoms with Crippen LogP contribution in [0.15, 0.2) is 43.0 Å². The quantitative estimate of drug-likeness (QED) is 0.538. The van der Waals surface area contributed by atoms with Crippen LogP contribution in [0.4, 0.5) is 0 Å². The second-order valence-corrected chi connectivity index (χ2v) is 3.43. The molecule has 0 heterocycles. The number of aliphatic hydroxyl groups excluding tert-OH is 1. The van der Waals surface area contributed by atoms with E-state index in [1.807, 2.05) is 30.3 Å². The highest BCUT2D eigenvalue weighted by Crippen LogP contribution is 2.03. The van der Waals surface area contributed by atoms with E-state index < -0.39 is 0 Å². The minimum Gasteiger partial charge on any atom is -0.394 e. The molecule has 0 aromatic heterocycles. The Morgan fingerprint density at radius 1 is 1.31 bits per heavy atom. The van der Waals surface area contributed by atoms with Crippen molar-refractivity contribution in [1.29, 1.82) is 0 Å². The number of rotatable bonds is 8. The topological polar surface area (TPSA) is 38.7 Å². The molecule has 0 saturated heterocycles. The highest BCUT2D eigenvalue weighted by molar-refractivity contribution is 5.13. The van der Waals surface area contributed by atoms with Gasteiger partial charge in [0.25, 0.3) is 0 Å². The molecule has 0 unspecified atom stereocenters. The first-order chi connectivity index (χ1) is 7.86. The summed E-state index contributed by atoms with van der Waals surface area (Å²) < 4.78 is 10.7. The van der Waals surface area contributed by atoms with E-state index in [4.69, 9.17) is 14.6 Å². The standard InChI is InChI=1S/C13H18O3/c1-2-8-15-11-13(9-14)16-10-12-6-4-3-5-7-12/h2-7,13-14H,1,8-11H2/t13-/m1/s1. The predicted molar refractivity (Wildman–Crippen MR) is 63.1 cm³/mol. The Morgan fingerprint density at radius 3 is 2.69 bits per heavy atom. The first kappa shape index (κ1) is 12.9. The minimum absolute atomic E-state index is 0.0377. The average Bonchev–Trinajstić information content (AvgIpc) is 2.35. The van der Waals surface area contributed by atoms with E-state index >= 15 is 0 Å². The van der Waals surface area contributed by atoms with Gasteiger partial charge in [-0.25, -0.2) is 0 Å². The van der Waals surface area contributed by atoms with Gasteiger partial charge < -0.3 is 14.6 Å². The lowest BCUT2D eigenvalue weighted by Crippen LogP contribution is -2.23. The molecule has 1 aromatic rings. The van der Waals surface area contributed by atoms with Crippen molar-refractivity contribution in [3.8, 4) is 0 Å². The van der Waals surface area contributed by atoms with Gasteiger partial charge in [0.2, 0.25) is 0 Å². The molecule has 0 spiro atoms. The van der Waals surface area contributed by atoms with Gasteiger partial charge in [0.1, 0.15) is 6.10 Å². The third-order valence-corrected chi connectivity index (χ3v) is 2.07. The molecule has 1 aromatic carbocycles. The van der Waals surface area contributed by atoms with Crippen LogP contribution < -0.4 is 0 Å². The summed E-state index contributed by atoms with van der Waals surface area (Å²) in [5.41, 5.74) is 1.09. The maximum absolute atomic E-state index is 9.07. The zero-order valence-electron chi connectivity index (χ0n) is 9.34. The largest absolute Gasteiger partial charge is 0.394 e. The van der Waals surface area contributed by atoms with Crippen LogP contribution >= 0.6 is 0 Å². The van der Waals surface area contributed by atoms with E-state index in [9.17, 15) is 0 Å². The second-order valence-electron chi connectivity index (χ2n) is 3.43. The summed E-state index contributed by atoms with van der Waals surface area (Å²) in [5.74, 6) is 0. The first-order valence-corrected chi connectivity index (χ1v) is 5.32. The highest BCUT2D eigenvalue weighted by atomic mass is 16.5. The molecule has 88 valence electrons. The van der Waals surface area contributed by atoms with Crippen molar-refractivity contribution in [1.82, 2.24) is 0 Å². The molecule has 3 heteroatoms. The molecule has 1 rings (SSSR count). The Labute approximate surface area is 96.3 Å². The number of hydrogen-bond donors (Lipinski definition) is 1. The SMILES string of the molecule is C=CCOC[C@@H](CO)OCc1ccccc1. The molecule has 0 aliphatic rings. The first-order valence-electron chi connectivity index (χ1n) is 5.32. The summed E-state index contributed by atoms with van der Waals surface area (Å²) in [6.45, 7) is 4.86. The zero-order chi connectivity index (χ0) is 11.6. The molecule has 0 aliphatic carbocycles. The number of hydrogen-bond acceptors (Lipinski definition) is 3. The van der Waals surface area contributed by atoms with Crippen molar-refractivity contribution < 1.29 is 14.6 Å². The van der Waals surface area contributed by atoms with Gasteiger partial charge in [-0.1, -0.05) is 36.4 Å². The molecule has 0 amide bonds. The highest BCUT2D eigenvalue weighted by Gasteiger charge is 2.07. The summed E-state index contributed by atoms with van der Waals surface area (Å²) in [4.78, 5) is 0. The smallest absolute Gasteiger partial charge is 0.104 e. The third-order valence-electron chi connectivity index (χ3n) is 2.07. The van der Waals surface area contributed by atoms with Crippen molar-refractivity contribution in [3.63, 3.8) is 0 Å². The minimum atomic E-state index is -0.278. The normalized spacial score (nSPS) is 12.3. The fourth-order valence-corrected chi connectivity index (χ4v) is 1.22. The molecule has 0 saturated carbocycles. The zero-order valence-corrected chi connectivity index (χ0v) is 9.34. The molecule has 1 atom stereocenters. The fourth-order valence-electron chi connectivity index (χ4n) is 1.22. The van der Waals surface area contributed by atoms with Crippen LogP contribution in [-0.2, 0) is 16.1 Å². The van der Waals surface area contributed by atoms with E-state index in [1.165, 1.54) is 0 Å². The molecular weight excluding hydrogens is 204 g/mol. The van der Waals surface area contributed by atoms with Crippen molar-refractivity contribution >= 4 is 0 Å². The van der Waals surface area contributed by atoms with Gasteiger partial charge in [-0.2, -0.15) is 0 Å². The lowest BCUT2D eigenvalue weighted by atomic mass is 10.2. The van der Waals surface area contributed by atoms with Crippen molar-refractivity contribution in [2.24, 2.45) is 0 Å². The molecule has 0 bridgehead atoms. The Hall–Kier alpha value is -1.16. The van der Waals surface area contributed by atoms with Crippen LogP contribution in [0.3, 0.4) is 0 Å². The predicted octanol–water partition coefficient (Wildman–Crippen LogP) is 1.77. The maximum atomic E-state index is 9.07. The Balaban J connectivity index is 2.25. The summed E-state index contributed by atoms with van der Waals surface area (Å²) in [6.07, 6.45) is 1.39. The molecule has 0 aliphatic heterocycles. The summed E-state index contributed by atoms with van der Waals surface area (Å²) in [6, 6.07) is 9.85. The van der Waals surface area contributed by atoms with Gasteiger partial charge in [0, 0.05) is 0 Å². The summed E-state index contributed by atoms with van der Waals surface area (Å²) in [7, 11) is 0. The Bertz CT molecular complexity index is 284. The number of benzene rings is 1. The van der Waals surface area contributed by atoms with Gasteiger partial charge in [-0.15, -0.1) is 6.58 Å². The Kier molecular flexibility index (Phi) is 6.49. The summed E-state index contributed by atoms with van der Waals surface area (Å²) in [5, 5.41) is 9.07. The molecule has 0 fully saturated rings. The van der Waals surface area contributed by atoms with Gasteiger partial charge >= 0.3 is 0 Å². The maximum Gasteiger partial charge on any atom is 0.104 e. The second kappa shape index (κ2) is 8.05. The monoisotopic (exact) mass is 222 g/mol. The van der Waals surface area contributed by atoms with Crippen LogP contribution in [0.1, 0.15) is 5.56 Å². The van der Waals surface area contributed by atoms with Gasteiger partial charge in [-0.05, 0) is 5.56 Å². The molecule has 1 N–H and O–H groups in total. The Morgan fingerprint density at radius 2 is 2.06 bits per heavy atom. The van der Waals surface area contributed by atoms with Crippen LogP contribution in [-0.4, -0.2) is 31.0 Å². The average molecular weight is 222 g/mol. The van der Waals surface area contributed by atoms with Crippen LogP contribution in [0.25, 0.3) is 0 Å². The fraction of sp³-hybridized carbons (Fsp3) is 0.385. The molecule has 16 heavy (non-hydrogen) atoms. The van der Waals surface area contributed by atoms with E-state index in [0.29, 0.717) is 19.8 Å².